The van der Waals surface area contributed by atoms with Crippen LogP contribution in [0.5, 0.6) is 0 Å². The third-order valence-electron chi connectivity index (χ3n) is 5.04. The van der Waals surface area contributed by atoms with E-state index in [9.17, 15) is 0 Å². The van der Waals surface area contributed by atoms with Crippen molar-refractivity contribution in [1.29, 1.82) is 0 Å². The minimum Gasteiger partial charge on any atom is -0.0625 e. The largest absolute Gasteiger partial charge is 0.0625 e. The lowest BCUT2D eigenvalue weighted by atomic mass is 9.71. The van der Waals surface area contributed by atoms with Gasteiger partial charge in [-0.3, -0.25) is 0 Å². The molecule has 2 aliphatic carbocycles. The third-order valence-corrected chi connectivity index (χ3v) is 5.04. The summed E-state index contributed by atoms with van der Waals surface area (Å²) < 4.78 is 0. The second-order valence-corrected chi connectivity index (χ2v) is 6.07. The predicted molar refractivity (Wildman–Crippen MR) is 57.6 cm³/mol. The summed E-state index contributed by atoms with van der Waals surface area (Å²) in [6, 6.07) is 0. The van der Waals surface area contributed by atoms with Crippen LogP contribution in [0.25, 0.3) is 0 Å². The van der Waals surface area contributed by atoms with Gasteiger partial charge in [0.1, 0.15) is 0 Å². The molecular weight excluding hydrogens is 156 g/mol. The van der Waals surface area contributed by atoms with E-state index < -0.39 is 0 Å². The first-order valence-electron chi connectivity index (χ1n) is 6.05. The van der Waals surface area contributed by atoms with Crippen molar-refractivity contribution < 1.29 is 0 Å². The van der Waals surface area contributed by atoms with Crippen LogP contribution in [0.15, 0.2) is 0 Å². The molecule has 0 aliphatic heterocycles. The van der Waals surface area contributed by atoms with Gasteiger partial charge in [0.05, 0.1) is 0 Å². The molecule has 0 spiro atoms. The lowest BCUT2D eigenvalue weighted by molar-refractivity contribution is 0.144. The number of rotatable bonds is 1. The van der Waals surface area contributed by atoms with Crippen molar-refractivity contribution in [1.82, 2.24) is 0 Å². The molecule has 0 heterocycles. The van der Waals surface area contributed by atoms with E-state index in [-0.39, 0.29) is 0 Å². The Hall–Kier alpha value is 0. The summed E-state index contributed by atoms with van der Waals surface area (Å²) in [6.07, 6.45) is 6.01. The molecule has 0 amide bonds. The average Bonchev–Trinajstić information content (AvgIpc) is 2.50. The van der Waals surface area contributed by atoms with Gasteiger partial charge in [-0.25, -0.2) is 0 Å². The Balaban J connectivity index is 2.23. The maximum Gasteiger partial charge on any atom is -0.0264 e. The number of hydrogen-bond donors (Lipinski definition) is 0. The summed E-state index contributed by atoms with van der Waals surface area (Å²) in [4.78, 5) is 0. The van der Waals surface area contributed by atoms with Crippen LogP contribution in [0.1, 0.15) is 53.4 Å². The van der Waals surface area contributed by atoms with Crippen molar-refractivity contribution in [2.24, 2.45) is 29.1 Å². The first kappa shape index (κ1) is 9.55. The Labute approximate surface area is 83.1 Å². The van der Waals surface area contributed by atoms with Crippen molar-refractivity contribution in [3.05, 3.63) is 0 Å². The van der Waals surface area contributed by atoms with Crippen LogP contribution in [-0.2, 0) is 0 Å². The Bertz CT molecular complexity index is 194. The van der Waals surface area contributed by atoms with Gasteiger partial charge in [-0.15, -0.1) is 0 Å². The Morgan fingerprint density at radius 1 is 1.31 bits per heavy atom. The van der Waals surface area contributed by atoms with Gasteiger partial charge in [-0.05, 0) is 48.3 Å². The van der Waals surface area contributed by atoms with E-state index in [0.717, 1.165) is 23.7 Å². The number of fused-ring (bicyclic) bond motifs is 1. The van der Waals surface area contributed by atoms with Crippen molar-refractivity contribution >= 4 is 0 Å². The van der Waals surface area contributed by atoms with Gasteiger partial charge in [-0.2, -0.15) is 0 Å². The molecule has 0 heteroatoms. The highest BCUT2D eigenvalue weighted by atomic mass is 14.6. The summed E-state index contributed by atoms with van der Waals surface area (Å²) in [5, 5.41) is 0. The van der Waals surface area contributed by atoms with Crippen LogP contribution in [0.3, 0.4) is 0 Å². The van der Waals surface area contributed by atoms with Gasteiger partial charge in [-0.1, -0.05) is 34.1 Å². The van der Waals surface area contributed by atoms with Crippen molar-refractivity contribution in [3.8, 4) is 0 Å². The molecule has 0 aromatic carbocycles. The maximum atomic E-state index is 2.57. The minimum absolute atomic E-state index is 0.716. The second-order valence-electron chi connectivity index (χ2n) is 6.07. The van der Waals surface area contributed by atoms with Crippen molar-refractivity contribution in [3.63, 3.8) is 0 Å². The van der Waals surface area contributed by atoms with Gasteiger partial charge in [0.25, 0.3) is 0 Å². The molecule has 0 nitrogen and oxygen atoms in total. The molecule has 0 aromatic rings. The fourth-order valence-electron chi connectivity index (χ4n) is 4.48. The average molecular weight is 180 g/mol. The zero-order chi connectivity index (χ0) is 9.64. The molecule has 0 N–H and O–H groups in total. The van der Waals surface area contributed by atoms with Gasteiger partial charge in [0.15, 0.2) is 0 Å². The van der Waals surface area contributed by atoms with Gasteiger partial charge >= 0.3 is 0 Å². The van der Waals surface area contributed by atoms with Crippen LogP contribution in [0.2, 0.25) is 0 Å². The van der Waals surface area contributed by atoms with E-state index in [4.69, 9.17) is 0 Å². The third kappa shape index (κ3) is 1.25. The van der Waals surface area contributed by atoms with Gasteiger partial charge in [0, 0.05) is 0 Å². The quantitative estimate of drug-likeness (QED) is 0.570. The molecule has 4 atom stereocenters. The normalized spacial score (nSPS) is 50.1. The van der Waals surface area contributed by atoms with E-state index in [0.29, 0.717) is 5.41 Å². The SMILES string of the molecule is CC(C)C1CC(C)C2CCCC12C. The molecule has 13 heavy (non-hydrogen) atoms. The minimum atomic E-state index is 0.716. The molecular formula is C13H24. The fourth-order valence-corrected chi connectivity index (χ4v) is 4.48. The summed E-state index contributed by atoms with van der Waals surface area (Å²) in [5.74, 6) is 3.96. The van der Waals surface area contributed by atoms with Gasteiger partial charge in [0.2, 0.25) is 0 Å². The summed E-state index contributed by atoms with van der Waals surface area (Å²) in [5.41, 5.74) is 0.716. The van der Waals surface area contributed by atoms with E-state index >= 15 is 0 Å². The van der Waals surface area contributed by atoms with E-state index in [1.54, 1.807) is 0 Å². The monoisotopic (exact) mass is 180 g/mol. The van der Waals surface area contributed by atoms with Crippen LogP contribution in [0, 0.1) is 29.1 Å². The van der Waals surface area contributed by atoms with E-state index in [1.807, 2.05) is 0 Å². The molecule has 2 saturated carbocycles. The highest BCUT2D eigenvalue weighted by Gasteiger charge is 2.52. The molecule has 0 aromatic heterocycles. The van der Waals surface area contributed by atoms with Crippen LogP contribution < -0.4 is 0 Å². The zero-order valence-corrected chi connectivity index (χ0v) is 9.64. The lowest BCUT2D eigenvalue weighted by Gasteiger charge is -2.34. The van der Waals surface area contributed by atoms with Crippen LogP contribution in [-0.4, -0.2) is 0 Å². The van der Waals surface area contributed by atoms with E-state index in [2.05, 4.69) is 27.7 Å². The van der Waals surface area contributed by atoms with Crippen LogP contribution in [0.4, 0.5) is 0 Å². The fraction of sp³-hybridized carbons (Fsp3) is 1.00. The first-order chi connectivity index (χ1) is 6.05. The predicted octanol–water partition coefficient (Wildman–Crippen LogP) is 4.10. The highest BCUT2D eigenvalue weighted by Crippen LogP contribution is 2.61. The lowest BCUT2D eigenvalue weighted by Crippen LogP contribution is -2.27. The Morgan fingerprint density at radius 3 is 2.62 bits per heavy atom. The molecule has 4 unspecified atom stereocenters. The Morgan fingerprint density at radius 2 is 2.00 bits per heavy atom. The summed E-state index contributed by atoms with van der Waals surface area (Å²) in [6.45, 7) is 9.89. The van der Waals surface area contributed by atoms with Crippen molar-refractivity contribution in [2.75, 3.05) is 0 Å². The molecule has 2 rings (SSSR count). The molecule has 2 fully saturated rings. The standard InChI is InChI=1S/C13H24/c1-9(2)12-8-10(3)11-6-5-7-13(11,12)4/h9-12H,5-8H2,1-4H3. The highest BCUT2D eigenvalue weighted by molar-refractivity contribution is 5.02. The smallest absolute Gasteiger partial charge is 0.0264 e. The molecule has 0 saturated heterocycles. The van der Waals surface area contributed by atoms with Crippen molar-refractivity contribution in [2.45, 2.75) is 53.4 Å². The molecule has 0 radical (unpaired) electrons. The molecule has 2 aliphatic rings. The second kappa shape index (κ2) is 3.00. The molecule has 0 bridgehead atoms. The zero-order valence-electron chi connectivity index (χ0n) is 9.64. The Kier molecular flexibility index (Phi) is 2.20. The number of hydrogen-bond acceptors (Lipinski definition) is 0. The van der Waals surface area contributed by atoms with Crippen LogP contribution >= 0.6 is 0 Å². The topological polar surface area (TPSA) is 0 Å². The maximum absolute atomic E-state index is 2.57. The summed E-state index contributed by atoms with van der Waals surface area (Å²) >= 11 is 0. The molecule has 76 valence electrons. The summed E-state index contributed by atoms with van der Waals surface area (Å²) in [7, 11) is 0. The first-order valence-corrected chi connectivity index (χ1v) is 6.05. The van der Waals surface area contributed by atoms with E-state index in [1.165, 1.54) is 25.7 Å². The van der Waals surface area contributed by atoms with Gasteiger partial charge < -0.3 is 0 Å².